The second kappa shape index (κ2) is 9.49. The van der Waals surface area contributed by atoms with Crippen LogP contribution in [0.25, 0.3) is 0 Å². The maximum atomic E-state index is 12.2. The molecule has 0 atom stereocenters. The van der Waals surface area contributed by atoms with E-state index >= 15 is 0 Å². The molecule has 0 aliphatic carbocycles. The van der Waals surface area contributed by atoms with Gasteiger partial charge in [-0.1, -0.05) is 6.07 Å². The summed E-state index contributed by atoms with van der Waals surface area (Å²) in [6.45, 7) is 7.79. The minimum atomic E-state index is -3.06. The van der Waals surface area contributed by atoms with Crippen molar-refractivity contribution in [2.45, 2.75) is 38.4 Å². The maximum Gasteiger partial charge on any atom is 0.193 e. The Hall–Kier alpha value is -1.96. The zero-order valence-electron chi connectivity index (χ0n) is 17.6. The Labute approximate surface area is 169 Å². The van der Waals surface area contributed by atoms with E-state index in [1.54, 1.807) is 28.0 Å². The van der Waals surface area contributed by atoms with E-state index in [0.717, 1.165) is 36.8 Å². The minimum Gasteiger partial charge on any atom is -0.493 e. The third kappa shape index (κ3) is 5.31. The number of hydrogen-bond donors (Lipinski definition) is 1. The number of aliphatic imine (C=N–C) groups is 1. The number of hydrogen-bond acceptors (Lipinski definition) is 5. The van der Waals surface area contributed by atoms with Gasteiger partial charge in [-0.3, -0.25) is 4.99 Å². The lowest BCUT2D eigenvalue weighted by Gasteiger charge is -2.39. The van der Waals surface area contributed by atoms with Gasteiger partial charge in [-0.25, -0.2) is 8.42 Å². The van der Waals surface area contributed by atoms with Crippen molar-refractivity contribution < 1.29 is 17.9 Å². The molecule has 0 saturated carbocycles. The van der Waals surface area contributed by atoms with E-state index in [1.165, 1.54) is 5.56 Å². The molecule has 0 amide bonds. The molecule has 1 saturated heterocycles. The first kappa shape index (κ1) is 22.3. The number of ether oxygens (including phenoxy) is 2. The fourth-order valence-electron chi connectivity index (χ4n) is 3.29. The van der Waals surface area contributed by atoms with E-state index in [0.29, 0.717) is 19.7 Å². The molecule has 1 aromatic rings. The van der Waals surface area contributed by atoms with E-state index in [2.05, 4.69) is 10.3 Å². The Balaban J connectivity index is 1.88. The van der Waals surface area contributed by atoms with Crippen LogP contribution in [0.3, 0.4) is 0 Å². The number of rotatable bonds is 7. The lowest BCUT2D eigenvalue weighted by Crippen LogP contribution is -2.57. The van der Waals surface area contributed by atoms with Gasteiger partial charge in [0.1, 0.15) is 0 Å². The molecule has 1 aliphatic heterocycles. The third-order valence-electron chi connectivity index (χ3n) is 5.01. The van der Waals surface area contributed by atoms with Crippen LogP contribution in [0.4, 0.5) is 0 Å². The number of aryl methyl sites for hydroxylation is 1. The molecular formula is C20H33N3O4S. The molecule has 0 radical (unpaired) electrons. The molecule has 0 spiro atoms. The Morgan fingerprint density at radius 1 is 1.32 bits per heavy atom. The number of benzene rings is 1. The molecule has 1 aromatic carbocycles. The predicted molar refractivity (Wildman–Crippen MR) is 113 cm³/mol. The molecule has 7 nitrogen and oxygen atoms in total. The van der Waals surface area contributed by atoms with Crippen LogP contribution in [0.1, 0.15) is 32.8 Å². The predicted octanol–water partition coefficient (Wildman–Crippen LogP) is 2.11. The van der Waals surface area contributed by atoms with Crippen molar-refractivity contribution in [2.24, 2.45) is 4.99 Å². The summed E-state index contributed by atoms with van der Waals surface area (Å²) >= 11 is 0. The molecule has 28 heavy (non-hydrogen) atoms. The number of sulfone groups is 1. The molecule has 1 N–H and O–H groups in total. The van der Waals surface area contributed by atoms with Gasteiger partial charge < -0.3 is 19.7 Å². The van der Waals surface area contributed by atoms with Crippen LogP contribution in [0.5, 0.6) is 11.5 Å². The molecule has 1 heterocycles. The van der Waals surface area contributed by atoms with Crippen LogP contribution in [0, 0.1) is 0 Å². The molecule has 0 aromatic heterocycles. The van der Waals surface area contributed by atoms with E-state index in [9.17, 15) is 8.42 Å². The van der Waals surface area contributed by atoms with Gasteiger partial charge in [0.25, 0.3) is 0 Å². The van der Waals surface area contributed by atoms with Gasteiger partial charge in [0.05, 0.1) is 24.2 Å². The summed E-state index contributed by atoms with van der Waals surface area (Å²) in [5, 5.41) is 3.36. The molecule has 2 rings (SSSR count). The third-order valence-corrected chi connectivity index (χ3v) is 7.54. The van der Waals surface area contributed by atoms with Gasteiger partial charge in [0.15, 0.2) is 27.3 Å². The normalized spacial score (nSPS) is 18.6. The summed E-state index contributed by atoms with van der Waals surface area (Å²) in [5.74, 6) is 2.43. The van der Waals surface area contributed by atoms with E-state index in [4.69, 9.17) is 9.47 Å². The summed E-state index contributed by atoms with van der Waals surface area (Å²) in [7, 11) is 0.313. The van der Waals surface area contributed by atoms with E-state index in [-0.39, 0.29) is 5.75 Å². The highest BCUT2D eigenvalue weighted by Crippen LogP contribution is 2.28. The summed E-state index contributed by atoms with van der Waals surface area (Å²) in [6.07, 6.45) is 1.82. The SMILES string of the molecule is CCOc1cc(CCCNC(=NC)N2CCS(=O)(=O)C(C)(C)C2)ccc1OC. The maximum absolute atomic E-state index is 12.2. The Bertz CT molecular complexity index is 791. The van der Waals surface area contributed by atoms with Gasteiger partial charge in [0.2, 0.25) is 0 Å². The highest BCUT2D eigenvalue weighted by Gasteiger charge is 2.40. The summed E-state index contributed by atoms with van der Waals surface area (Å²) < 4.78 is 34.6. The van der Waals surface area contributed by atoms with Crippen molar-refractivity contribution in [1.82, 2.24) is 10.2 Å². The van der Waals surface area contributed by atoms with E-state index in [1.807, 2.05) is 30.0 Å². The lowest BCUT2D eigenvalue weighted by molar-refractivity contribution is 0.310. The first-order valence-electron chi connectivity index (χ1n) is 9.71. The fraction of sp³-hybridized carbons (Fsp3) is 0.650. The van der Waals surface area contributed by atoms with Crippen molar-refractivity contribution >= 4 is 15.8 Å². The van der Waals surface area contributed by atoms with Gasteiger partial charge >= 0.3 is 0 Å². The highest BCUT2D eigenvalue weighted by molar-refractivity contribution is 7.92. The average Bonchev–Trinajstić information content (AvgIpc) is 2.65. The Morgan fingerprint density at radius 2 is 2.07 bits per heavy atom. The Kier molecular flexibility index (Phi) is 7.57. The number of guanidine groups is 1. The van der Waals surface area contributed by atoms with Crippen molar-refractivity contribution in [1.29, 1.82) is 0 Å². The van der Waals surface area contributed by atoms with Crippen LogP contribution in [0.2, 0.25) is 0 Å². The van der Waals surface area contributed by atoms with Gasteiger partial charge in [-0.2, -0.15) is 0 Å². The van der Waals surface area contributed by atoms with Gasteiger partial charge in [-0.05, 0) is 51.3 Å². The molecule has 0 unspecified atom stereocenters. The second-order valence-electron chi connectivity index (χ2n) is 7.50. The van der Waals surface area contributed by atoms with Crippen molar-refractivity contribution in [3.8, 4) is 11.5 Å². The first-order valence-corrected chi connectivity index (χ1v) is 11.4. The highest BCUT2D eigenvalue weighted by atomic mass is 32.2. The van der Waals surface area contributed by atoms with Crippen LogP contribution in [-0.2, 0) is 16.3 Å². The fourth-order valence-corrected chi connectivity index (χ4v) is 4.66. The second-order valence-corrected chi connectivity index (χ2v) is 10.2. The number of methoxy groups -OCH3 is 1. The van der Waals surface area contributed by atoms with Crippen molar-refractivity contribution in [3.63, 3.8) is 0 Å². The monoisotopic (exact) mass is 411 g/mol. The van der Waals surface area contributed by atoms with Crippen LogP contribution < -0.4 is 14.8 Å². The smallest absolute Gasteiger partial charge is 0.193 e. The van der Waals surface area contributed by atoms with Crippen LogP contribution >= 0.6 is 0 Å². The summed E-state index contributed by atoms with van der Waals surface area (Å²) in [4.78, 5) is 6.36. The molecular weight excluding hydrogens is 378 g/mol. The summed E-state index contributed by atoms with van der Waals surface area (Å²) in [5.41, 5.74) is 1.19. The van der Waals surface area contributed by atoms with Crippen LogP contribution in [0.15, 0.2) is 23.2 Å². The van der Waals surface area contributed by atoms with E-state index < -0.39 is 14.6 Å². The Morgan fingerprint density at radius 3 is 2.68 bits per heavy atom. The minimum absolute atomic E-state index is 0.159. The quantitative estimate of drug-likeness (QED) is 0.421. The number of nitrogens with zero attached hydrogens (tertiary/aromatic N) is 2. The van der Waals surface area contributed by atoms with Crippen molar-refractivity contribution in [3.05, 3.63) is 23.8 Å². The zero-order chi connectivity index (χ0) is 20.8. The lowest BCUT2D eigenvalue weighted by atomic mass is 10.1. The average molecular weight is 412 g/mol. The molecule has 8 heteroatoms. The zero-order valence-corrected chi connectivity index (χ0v) is 18.4. The largest absolute Gasteiger partial charge is 0.493 e. The van der Waals surface area contributed by atoms with Crippen LogP contribution in [-0.4, -0.2) is 70.2 Å². The number of nitrogens with one attached hydrogen (secondary N) is 1. The molecule has 1 aliphatic rings. The molecule has 158 valence electrons. The molecule has 1 fully saturated rings. The topological polar surface area (TPSA) is 80.2 Å². The standard InChI is InChI=1S/C20H33N3O4S/c1-6-27-18-14-16(9-10-17(18)26-5)8-7-11-22-19(21-4)23-12-13-28(24,25)20(2,3)15-23/h9-10,14H,6-8,11-13,15H2,1-5H3,(H,21,22). The first-order chi connectivity index (χ1) is 13.2. The summed E-state index contributed by atoms with van der Waals surface area (Å²) in [6, 6.07) is 6.01. The van der Waals surface area contributed by atoms with Crippen molar-refractivity contribution in [2.75, 3.05) is 46.2 Å². The van der Waals surface area contributed by atoms with Gasteiger partial charge in [-0.15, -0.1) is 0 Å². The van der Waals surface area contributed by atoms with Gasteiger partial charge in [0, 0.05) is 26.7 Å². The molecule has 0 bridgehead atoms.